The molecule has 0 spiro atoms. The predicted octanol–water partition coefficient (Wildman–Crippen LogP) is 1.67. The number of aromatic carboxylic acids is 1. The molecule has 8 heteroatoms. The first-order chi connectivity index (χ1) is 9.49. The van der Waals surface area contributed by atoms with Crippen molar-refractivity contribution in [2.45, 2.75) is 31.9 Å². The van der Waals surface area contributed by atoms with Gasteiger partial charge in [-0.1, -0.05) is 0 Å². The Hall–Kier alpha value is -2.22. The number of carboxylic acids is 1. The van der Waals surface area contributed by atoms with Crippen molar-refractivity contribution < 1.29 is 19.6 Å². The summed E-state index contributed by atoms with van der Waals surface area (Å²) < 4.78 is 5.49. The second-order valence-corrected chi connectivity index (χ2v) is 4.61. The van der Waals surface area contributed by atoms with Gasteiger partial charge in [-0.25, -0.2) is 9.78 Å². The van der Waals surface area contributed by atoms with E-state index in [4.69, 9.17) is 9.84 Å². The maximum absolute atomic E-state index is 11.0. The summed E-state index contributed by atoms with van der Waals surface area (Å²) in [4.78, 5) is 25.0. The van der Waals surface area contributed by atoms with Gasteiger partial charge in [-0.3, -0.25) is 10.1 Å². The minimum Gasteiger partial charge on any atom is -0.477 e. The molecule has 0 aromatic carbocycles. The largest absolute Gasteiger partial charge is 0.477 e. The monoisotopic (exact) mass is 281 g/mol. The first kappa shape index (κ1) is 14.2. The fourth-order valence-corrected chi connectivity index (χ4v) is 2.13. The standard InChI is InChI=1S/C12H15N3O5/c1-7(10-3-2-6-20-10)13-11-9(15(18)19)5-4-8(14-11)12(16)17/h4-5,7,10H,2-3,6H2,1H3,(H,13,14)(H,16,17). The minimum absolute atomic E-state index is 0.0436. The average Bonchev–Trinajstić information content (AvgIpc) is 2.92. The van der Waals surface area contributed by atoms with E-state index in [1.165, 1.54) is 0 Å². The maximum Gasteiger partial charge on any atom is 0.354 e. The molecule has 2 heterocycles. The molecule has 20 heavy (non-hydrogen) atoms. The maximum atomic E-state index is 11.0. The molecule has 0 bridgehead atoms. The van der Waals surface area contributed by atoms with Gasteiger partial charge in [0.15, 0.2) is 5.69 Å². The molecule has 1 saturated heterocycles. The van der Waals surface area contributed by atoms with Crippen LogP contribution in [0.3, 0.4) is 0 Å². The number of nitrogens with zero attached hydrogens (tertiary/aromatic N) is 2. The molecule has 0 amide bonds. The van der Waals surface area contributed by atoms with Gasteiger partial charge in [0, 0.05) is 12.7 Å². The number of anilines is 1. The Labute approximate surface area is 114 Å². The first-order valence-electron chi connectivity index (χ1n) is 6.26. The number of pyridine rings is 1. The zero-order valence-corrected chi connectivity index (χ0v) is 10.9. The summed E-state index contributed by atoms with van der Waals surface area (Å²) in [6.07, 6.45) is 1.76. The molecule has 2 rings (SSSR count). The van der Waals surface area contributed by atoms with Crippen molar-refractivity contribution in [2.24, 2.45) is 0 Å². The van der Waals surface area contributed by atoms with Gasteiger partial charge in [-0.2, -0.15) is 0 Å². The fourth-order valence-electron chi connectivity index (χ4n) is 2.13. The number of carbonyl (C=O) groups is 1. The molecule has 1 aliphatic heterocycles. The SMILES string of the molecule is CC(Nc1nc(C(=O)O)ccc1[N+](=O)[O-])C1CCCO1. The second kappa shape index (κ2) is 5.83. The molecule has 2 atom stereocenters. The van der Waals surface area contributed by atoms with Gasteiger partial charge in [0.05, 0.1) is 17.1 Å². The molecule has 0 aliphatic carbocycles. The van der Waals surface area contributed by atoms with E-state index in [1.54, 1.807) is 0 Å². The zero-order valence-electron chi connectivity index (χ0n) is 10.9. The Morgan fingerprint density at radius 1 is 1.65 bits per heavy atom. The van der Waals surface area contributed by atoms with Gasteiger partial charge in [-0.05, 0) is 25.8 Å². The normalized spacial score (nSPS) is 19.6. The summed E-state index contributed by atoms with van der Waals surface area (Å²) in [5.41, 5.74) is -0.488. The third kappa shape index (κ3) is 3.02. The number of rotatable bonds is 5. The molecule has 2 N–H and O–H groups in total. The molecule has 1 fully saturated rings. The Kier molecular flexibility index (Phi) is 4.14. The lowest BCUT2D eigenvalue weighted by molar-refractivity contribution is -0.384. The highest BCUT2D eigenvalue weighted by Gasteiger charge is 2.26. The summed E-state index contributed by atoms with van der Waals surface area (Å²) in [5.74, 6) is -1.27. The summed E-state index contributed by atoms with van der Waals surface area (Å²) in [5, 5.41) is 22.7. The van der Waals surface area contributed by atoms with Crippen LogP contribution in [0.2, 0.25) is 0 Å². The fraction of sp³-hybridized carbons (Fsp3) is 0.500. The molecule has 2 unspecified atom stereocenters. The third-order valence-corrected chi connectivity index (χ3v) is 3.18. The molecular weight excluding hydrogens is 266 g/mol. The molecule has 1 aliphatic rings. The van der Waals surface area contributed by atoms with E-state index in [0.717, 1.165) is 25.0 Å². The number of hydrogen-bond acceptors (Lipinski definition) is 6. The molecular formula is C12H15N3O5. The van der Waals surface area contributed by atoms with Crippen molar-refractivity contribution in [3.05, 3.63) is 27.9 Å². The van der Waals surface area contributed by atoms with Gasteiger partial charge in [0.2, 0.25) is 5.82 Å². The van der Waals surface area contributed by atoms with Crippen molar-refractivity contribution >= 4 is 17.5 Å². The van der Waals surface area contributed by atoms with E-state index >= 15 is 0 Å². The number of carboxylic acid groups (broad SMARTS) is 1. The lowest BCUT2D eigenvalue weighted by atomic mass is 10.1. The summed E-state index contributed by atoms with van der Waals surface area (Å²) in [7, 11) is 0. The van der Waals surface area contributed by atoms with E-state index in [2.05, 4.69) is 10.3 Å². The number of aromatic nitrogens is 1. The number of hydrogen-bond donors (Lipinski definition) is 2. The first-order valence-corrected chi connectivity index (χ1v) is 6.26. The van der Waals surface area contributed by atoms with Gasteiger partial charge < -0.3 is 15.2 Å². The molecule has 0 saturated carbocycles. The van der Waals surface area contributed by atoms with Crippen LogP contribution < -0.4 is 5.32 Å². The van der Waals surface area contributed by atoms with E-state index in [9.17, 15) is 14.9 Å². The quantitative estimate of drug-likeness (QED) is 0.623. The van der Waals surface area contributed by atoms with Crippen molar-refractivity contribution in [3.63, 3.8) is 0 Å². The highest BCUT2D eigenvalue weighted by Crippen LogP contribution is 2.25. The van der Waals surface area contributed by atoms with Crippen LogP contribution in [-0.4, -0.2) is 39.7 Å². The van der Waals surface area contributed by atoms with Gasteiger partial charge in [0.1, 0.15) is 0 Å². The summed E-state index contributed by atoms with van der Waals surface area (Å²) in [6.45, 7) is 2.50. The summed E-state index contributed by atoms with van der Waals surface area (Å²) in [6, 6.07) is 2.07. The van der Waals surface area contributed by atoms with Gasteiger partial charge >= 0.3 is 11.7 Å². The van der Waals surface area contributed by atoms with Crippen LogP contribution in [-0.2, 0) is 4.74 Å². The molecule has 0 radical (unpaired) electrons. The smallest absolute Gasteiger partial charge is 0.354 e. The van der Waals surface area contributed by atoms with Crippen LogP contribution in [0, 0.1) is 10.1 Å². The Morgan fingerprint density at radius 3 is 2.95 bits per heavy atom. The highest BCUT2D eigenvalue weighted by molar-refractivity contribution is 5.86. The molecule has 1 aromatic rings. The number of nitrogens with one attached hydrogen (secondary N) is 1. The zero-order chi connectivity index (χ0) is 14.7. The number of ether oxygens (including phenoxy) is 1. The van der Waals surface area contributed by atoms with E-state index < -0.39 is 10.9 Å². The van der Waals surface area contributed by atoms with Crippen molar-refractivity contribution in [2.75, 3.05) is 11.9 Å². The highest BCUT2D eigenvalue weighted by atomic mass is 16.6. The lowest BCUT2D eigenvalue weighted by Gasteiger charge is -2.20. The Morgan fingerprint density at radius 2 is 2.40 bits per heavy atom. The average molecular weight is 281 g/mol. The lowest BCUT2D eigenvalue weighted by Crippen LogP contribution is -2.30. The van der Waals surface area contributed by atoms with E-state index in [0.29, 0.717) is 6.61 Å². The minimum atomic E-state index is -1.23. The second-order valence-electron chi connectivity index (χ2n) is 4.61. The van der Waals surface area contributed by atoms with Crippen molar-refractivity contribution in [1.82, 2.24) is 4.98 Å². The molecule has 1 aromatic heterocycles. The van der Waals surface area contributed by atoms with Crippen LogP contribution in [0.25, 0.3) is 0 Å². The molecule has 108 valence electrons. The Balaban J connectivity index is 2.24. The van der Waals surface area contributed by atoms with Gasteiger partial charge in [0.25, 0.3) is 0 Å². The van der Waals surface area contributed by atoms with Crippen LogP contribution in [0.1, 0.15) is 30.3 Å². The van der Waals surface area contributed by atoms with Gasteiger partial charge in [-0.15, -0.1) is 0 Å². The van der Waals surface area contributed by atoms with Crippen molar-refractivity contribution in [3.8, 4) is 0 Å². The third-order valence-electron chi connectivity index (χ3n) is 3.18. The van der Waals surface area contributed by atoms with Crippen LogP contribution in [0.4, 0.5) is 11.5 Å². The summed E-state index contributed by atoms with van der Waals surface area (Å²) >= 11 is 0. The Bertz CT molecular complexity index is 528. The van der Waals surface area contributed by atoms with Crippen LogP contribution >= 0.6 is 0 Å². The topological polar surface area (TPSA) is 115 Å². The van der Waals surface area contributed by atoms with Crippen LogP contribution in [0.15, 0.2) is 12.1 Å². The van der Waals surface area contributed by atoms with Crippen LogP contribution in [0.5, 0.6) is 0 Å². The molecule has 8 nitrogen and oxygen atoms in total. The van der Waals surface area contributed by atoms with E-state index in [1.807, 2.05) is 6.92 Å². The number of nitro groups is 1. The van der Waals surface area contributed by atoms with E-state index in [-0.39, 0.29) is 29.3 Å². The predicted molar refractivity (Wildman–Crippen MR) is 69.9 cm³/mol. The van der Waals surface area contributed by atoms with Crippen molar-refractivity contribution in [1.29, 1.82) is 0 Å².